The first kappa shape index (κ1) is 11.8. The van der Waals surface area contributed by atoms with Gasteiger partial charge in [0, 0.05) is 7.05 Å². The van der Waals surface area contributed by atoms with Gasteiger partial charge in [-0.2, -0.15) is 5.10 Å². The van der Waals surface area contributed by atoms with Crippen molar-refractivity contribution in [3.8, 4) is 0 Å². The number of hydrogen-bond acceptors (Lipinski definition) is 2. The third kappa shape index (κ3) is 3.38. The molecule has 4 nitrogen and oxygen atoms in total. The molecule has 0 fully saturated rings. The van der Waals surface area contributed by atoms with Gasteiger partial charge in [0.15, 0.2) is 0 Å². The average molecular weight is 210 g/mol. The van der Waals surface area contributed by atoms with Gasteiger partial charge in [0.25, 0.3) is 0 Å². The minimum Gasteiger partial charge on any atom is -0.477 e. The van der Waals surface area contributed by atoms with Crippen LogP contribution in [0.1, 0.15) is 48.8 Å². The molecule has 1 heterocycles. The van der Waals surface area contributed by atoms with Crippen molar-refractivity contribution in [3.63, 3.8) is 0 Å². The molecule has 15 heavy (non-hydrogen) atoms. The Morgan fingerprint density at radius 1 is 1.47 bits per heavy atom. The second-order valence-electron chi connectivity index (χ2n) is 3.76. The SMILES string of the molecule is CCCCCCc1cc(C(=O)O)n(C)n1. The van der Waals surface area contributed by atoms with Crippen LogP contribution in [-0.4, -0.2) is 20.9 Å². The third-order valence-corrected chi connectivity index (χ3v) is 2.44. The smallest absolute Gasteiger partial charge is 0.354 e. The van der Waals surface area contributed by atoms with Crippen molar-refractivity contribution < 1.29 is 9.90 Å². The molecule has 0 saturated carbocycles. The summed E-state index contributed by atoms with van der Waals surface area (Å²) in [5.41, 5.74) is 1.14. The van der Waals surface area contributed by atoms with Crippen molar-refractivity contribution in [3.05, 3.63) is 17.5 Å². The lowest BCUT2D eigenvalue weighted by atomic mass is 10.1. The molecule has 0 aliphatic carbocycles. The van der Waals surface area contributed by atoms with Crippen LogP contribution < -0.4 is 0 Å². The fraction of sp³-hybridized carbons (Fsp3) is 0.636. The fourth-order valence-corrected chi connectivity index (χ4v) is 1.58. The topological polar surface area (TPSA) is 55.1 Å². The minimum absolute atomic E-state index is 0.264. The number of carbonyl (C=O) groups is 1. The van der Waals surface area contributed by atoms with Gasteiger partial charge in [-0.1, -0.05) is 26.2 Å². The number of aromatic nitrogens is 2. The van der Waals surface area contributed by atoms with Crippen LogP contribution in [0.3, 0.4) is 0 Å². The maximum Gasteiger partial charge on any atom is 0.354 e. The molecule has 1 aromatic heterocycles. The molecule has 0 saturated heterocycles. The molecular formula is C11H18N2O2. The molecule has 0 radical (unpaired) electrons. The molecule has 84 valence electrons. The second-order valence-corrected chi connectivity index (χ2v) is 3.76. The largest absolute Gasteiger partial charge is 0.477 e. The lowest BCUT2D eigenvalue weighted by Gasteiger charge is -1.95. The van der Waals surface area contributed by atoms with Gasteiger partial charge < -0.3 is 5.11 Å². The van der Waals surface area contributed by atoms with E-state index in [9.17, 15) is 4.79 Å². The standard InChI is InChI=1S/C11H18N2O2/c1-3-4-5-6-7-9-8-10(11(14)15)13(2)12-9/h8H,3-7H2,1-2H3,(H,14,15). The van der Waals surface area contributed by atoms with Crippen LogP contribution in [-0.2, 0) is 13.5 Å². The van der Waals surface area contributed by atoms with Crippen molar-refractivity contribution in [2.75, 3.05) is 0 Å². The Kier molecular flexibility index (Phi) is 4.34. The van der Waals surface area contributed by atoms with E-state index in [0.717, 1.165) is 18.5 Å². The van der Waals surface area contributed by atoms with E-state index in [-0.39, 0.29) is 5.69 Å². The maximum absolute atomic E-state index is 10.8. The fourth-order valence-electron chi connectivity index (χ4n) is 1.58. The monoisotopic (exact) mass is 210 g/mol. The minimum atomic E-state index is -0.912. The summed E-state index contributed by atoms with van der Waals surface area (Å²) in [5, 5.41) is 13.0. The van der Waals surface area contributed by atoms with Crippen molar-refractivity contribution in [1.29, 1.82) is 0 Å². The summed E-state index contributed by atoms with van der Waals surface area (Å²) in [5.74, 6) is -0.912. The molecule has 1 rings (SSSR count). The number of hydrogen-bond donors (Lipinski definition) is 1. The molecule has 0 bridgehead atoms. The molecule has 0 spiro atoms. The van der Waals surface area contributed by atoms with Gasteiger partial charge in [0.05, 0.1) is 5.69 Å². The van der Waals surface area contributed by atoms with E-state index < -0.39 is 5.97 Å². The molecule has 0 aliphatic heterocycles. The Hall–Kier alpha value is -1.32. The molecule has 0 aliphatic rings. The van der Waals surface area contributed by atoms with Crippen molar-refractivity contribution in [1.82, 2.24) is 9.78 Å². The van der Waals surface area contributed by atoms with Crippen LogP contribution in [0.5, 0.6) is 0 Å². The van der Waals surface area contributed by atoms with Crippen molar-refractivity contribution in [2.45, 2.75) is 39.0 Å². The summed E-state index contributed by atoms with van der Waals surface area (Å²) < 4.78 is 1.43. The average Bonchev–Trinajstić information content (AvgIpc) is 2.55. The van der Waals surface area contributed by atoms with Gasteiger partial charge in [0.1, 0.15) is 5.69 Å². The molecule has 0 amide bonds. The summed E-state index contributed by atoms with van der Waals surface area (Å²) >= 11 is 0. The van der Waals surface area contributed by atoms with Crippen molar-refractivity contribution in [2.24, 2.45) is 7.05 Å². The molecule has 0 unspecified atom stereocenters. The number of rotatable bonds is 6. The van der Waals surface area contributed by atoms with Crippen LogP contribution >= 0.6 is 0 Å². The maximum atomic E-state index is 10.8. The second kappa shape index (κ2) is 5.53. The summed E-state index contributed by atoms with van der Waals surface area (Å²) in [6.07, 6.45) is 5.60. The van der Waals surface area contributed by atoms with E-state index >= 15 is 0 Å². The van der Waals surface area contributed by atoms with Crippen LogP contribution in [0.4, 0.5) is 0 Å². The van der Waals surface area contributed by atoms with Gasteiger partial charge in [-0.3, -0.25) is 4.68 Å². The number of aromatic carboxylic acids is 1. The predicted molar refractivity (Wildman–Crippen MR) is 58.0 cm³/mol. The van der Waals surface area contributed by atoms with E-state index in [1.165, 1.54) is 23.9 Å². The first-order chi connectivity index (χ1) is 7.15. The van der Waals surface area contributed by atoms with Crippen LogP contribution in [0.15, 0.2) is 6.07 Å². The number of aryl methyl sites for hydroxylation is 2. The zero-order valence-electron chi connectivity index (χ0n) is 9.36. The zero-order valence-corrected chi connectivity index (χ0v) is 9.36. The highest BCUT2D eigenvalue weighted by Gasteiger charge is 2.10. The molecule has 4 heteroatoms. The first-order valence-corrected chi connectivity index (χ1v) is 5.41. The van der Waals surface area contributed by atoms with Gasteiger partial charge >= 0.3 is 5.97 Å². The Balaban J connectivity index is 2.48. The Labute approximate surface area is 89.9 Å². The van der Waals surface area contributed by atoms with Crippen LogP contribution in [0, 0.1) is 0 Å². The summed E-state index contributed by atoms with van der Waals surface area (Å²) in [7, 11) is 1.67. The highest BCUT2D eigenvalue weighted by molar-refractivity contribution is 5.85. The number of carboxylic acids is 1. The Morgan fingerprint density at radius 3 is 2.73 bits per heavy atom. The summed E-state index contributed by atoms with van der Waals surface area (Å²) in [6.45, 7) is 2.17. The highest BCUT2D eigenvalue weighted by atomic mass is 16.4. The highest BCUT2D eigenvalue weighted by Crippen LogP contribution is 2.08. The quantitative estimate of drug-likeness (QED) is 0.732. The van der Waals surface area contributed by atoms with E-state index in [4.69, 9.17) is 5.11 Å². The van der Waals surface area contributed by atoms with Crippen LogP contribution in [0.2, 0.25) is 0 Å². The van der Waals surface area contributed by atoms with Crippen LogP contribution in [0.25, 0.3) is 0 Å². The van der Waals surface area contributed by atoms with E-state index in [2.05, 4.69) is 12.0 Å². The predicted octanol–water partition coefficient (Wildman–Crippen LogP) is 2.24. The summed E-state index contributed by atoms with van der Waals surface area (Å²) in [4.78, 5) is 10.8. The van der Waals surface area contributed by atoms with Gasteiger partial charge in [0.2, 0.25) is 0 Å². The molecule has 1 N–H and O–H groups in total. The van der Waals surface area contributed by atoms with E-state index in [1.807, 2.05) is 0 Å². The first-order valence-electron chi connectivity index (χ1n) is 5.41. The van der Waals surface area contributed by atoms with Gasteiger partial charge in [-0.15, -0.1) is 0 Å². The lowest BCUT2D eigenvalue weighted by Crippen LogP contribution is -2.04. The van der Waals surface area contributed by atoms with E-state index in [1.54, 1.807) is 13.1 Å². The third-order valence-electron chi connectivity index (χ3n) is 2.44. The molecular weight excluding hydrogens is 192 g/mol. The van der Waals surface area contributed by atoms with Gasteiger partial charge in [-0.05, 0) is 18.9 Å². The normalized spacial score (nSPS) is 10.5. The molecule has 0 aromatic carbocycles. The number of carboxylic acid groups (broad SMARTS) is 1. The number of unbranched alkanes of at least 4 members (excludes halogenated alkanes) is 3. The number of nitrogens with zero attached hydrogens (tertiary/aromatic N) is 2. The lowest BCUT2D eigenvalue weighted by molar-refractivity contribution is 0.0685. The Bertz CT molecular complexity index is 331. The van der Waals surface area contributed by atoms with Crippen molar-refractivity contribution >= 4 is 5.97 Å². The molecule has 0 atom stereocenters. The summed E-state index contributed by atoms with van der Waals surface area (Å²) in [6, 6.07) is 1.66. The zero-order chi connectivity index (χ0) is 11.3. The molecule has 1 aromatic rings. The Morgan fingerprint density at radius 2 is 2.20 bits per heavy atom. The van der Waals surface area contributed by atoms with Gasteiger partial charge in [-0.25, -0.2) is 4.79 Å². The van der Waals surface area contributed by atoms with E-state index in [0.29, 0.717) is 0 Å².